The number of likely N-dealkylation sites (tertiary alicyclic amines) is 1. The molecule has 110 valence electrons. The van der Waals surface area contributed by atoms with Crippen molar-refractivity contribution >= 4 is 0 Å². The summed E-state index contributed by atoms with van der Waals surface area (Å²) in [6, 6.07) is 7.26. The summed E-state index contributed by atoms with van der Waals surface area (Å²) in [5.41, 5.74) is 8.35. The van der Waals surface area contributed by atoms with Gasteiger partial charge in [-0.2, -0.15) is 0 Å². The van der Waals surface area contributed by atoms with E-state index in [-0.39, 0.29) is 0 Å². The van der Waals surface area contributed by atoms with E-state index in [4.69, 9.17) is 10.5 Å². The third-order valence-corrected chi connectivity index (χ3v) is 4.64. The molecular formula is C17H26N2O. The zero-order valence-electron chi connectivity index (χ0n) is 12.5. The van der Waals surface area contributed by atoms with Crippen molar-refractivity contribution in [3.8, 4) is 5.75 Å². The summed E-state index contributed by atoms with van der Waals surface area (Å²) in [5.74, 6) is 1.10. The van der Waals surface area contributed by atoms with Crippen molar-refractivity contribution in [1.29, 1.82) is 0 Å². The summed E-state index contributed by atoms with van der Waals surface area (Å²) in [5, 5.41) is 0. The monoisotopic (exact) mass is 274 g/mol. The quantitative estimate of drug-likeness (QED) is 0.896. The molecule has 0 spiro atoms. The molecule has 1 saturated heterocycles. The maximum absolute atomic E-state index is 6.11. The normalized spacial score (nSPS) is 25.7. The molecule has 0 radical (unpaired) electrons. The Balaban J connectivity index is 1.57. The number of benzene rings is 1. The van der Waals surface area contributed by atoms with Crippen molar-refractivity contribution in [2.45, 2.75) is 51.2 Å². The lowest BCUT2D eigenvalue weighted by molar-refractivity contribution is 0.137. The van der Waals surface area contributed by atoms with Crippen LogP contribution in [0.15, 0.2) is 18.2 Å². The SMILES string of the molecule is Cc1ccc2c(c1)CC(CN1CCCC1CCCN)O2. The highest BCUT2D eigenvalue weighted by Crippen LogP contribution is 2.31. The second-order valence-corrected chi connectivity index (χ2v) is 6.28. The van der Waals surface area contributed by atoms with Crippen LogP contribution in [0, 0.1) is 6.92 Å². The molecule has 0 aromatic heterocycles. The Morgan fingerprint density at radius 3 is 3.15 bits per heavy atom. The van der Waals surface area contributed by atoms with Gasteiger partial charge in [0.15, 0.2) is 0 Å². The Hall–Kier alpha value is -1.06. The fourth-order valence-corrected chi connectivity index (χ4v) is 3.63. The van der Waals surface area contributed by atoms with Gasteiger partial charge in [-0.15, -0.1) is 0 Å². The second kappa shape index (κ2) is 6.15. The summed E-state index contributed by atoms with van der Waals surface area (Å²) in [6.07, 6.45) is 6.45. The highest BCUT2D eigenvalue weighted by Gasteiger charge is 2.30. The number of nitrogens with two attached hydrogens (primary N) is 1. The molecule has 0 aliphatic carbocycles. The molecule has 2 heterocycles. The van der Waals surface area contributed by atoms with E-state index < -0.39 is 0 Å². The minimum absolute atomic E-state index is 0.338. The fourth-order valence-electron chi connectivity index (χ4n) is 3.63. The summed E-state index contributed by atoms with van der Waals surface area (Å²) in [4.78, 5) is 2.62. The van der Waals surface area contributed by atoms with Gasteiger partial charge in [0, 0.05) is 19.0 Å². The number of hydrogen-bond acceptors (Lipinski definition) is 3. The largest absolute Gasteiger partial charge is 0.488 e. The number of ether oxygens (including phenoxy) is 1. The van der Waals surface area contributed by atoms with Gasteiger partial charge >= 0.3 is 0 Å². The molecule has 2 unspecified atom stereocenters. The molecule has 1 aromatic carbocycles. The third-order valence-electron chi connectivity index (χ3n) is 4.64. The molecule has 0 bridgehead atoms. The lowest BCUT2D eigenvalue weighted by Gasteiger charge is -2.26. The van der Waals surface area contributed by atoms with Crippen LogP contribution in [0.3, 0.4) is 0 Å². The van der Waals surface area contributed by atoms with Crippen LogP contribution in [0.4, 0.5) is 0 Å². The highest BCUT2D eigenvalue weighted by molar-refractivity contribution is 5.40. The van der Waals surface area contributed by atoms with Crippen molar-refractivity contribution in [1.82, 2.24) is 4.90 Å². The predicted molar refractivity (Wildman–Crippen MR) is 82.2 cm³/mol. The molecule has 3 nitrogen and oxygen atoms in total. The van der Waals surface area contributed by atoms with Gasteiger partial charge < -0.3 is 10.5 Å². The smallest absolute Gasteiger partial charge is 0.123 e. The number of rotatable bonds is 5. The van der Waals surface area contributed by atoms with Gasteiger partial charge in [-0.25, -0.2) is 0 Å². The van der Waals surface area contributed by atoms with E-state index in [1.54, 1.807) is 0 Å². The maximum Gasteiger partial charge on any atom is 0.123 e. The number of hydrogen-bond donors (Lipinski definition) is 1. The minimum atomic E-state index is 0.338. The molecule has 1 aromatic rings. The van der Waals surface area contributed by atoms with Gasteiger partial charge in [0.2, 0.25) is 0 Å². The first-order valence-corrected chi connectivity index (χ1v) is 7.96. The standard InChI is InChI=1S/C17H26N2O/c1-13-6-7-17-14(10-13)11-16(20-17)12-19-9-3-5-15(19)4-2-8-18/h6-7,10,15-16H,2-5,8-9,11-12,18H2,1H3. The van der Waals surface area contributed by atoms with Crippen LogP contribution in [-0.4, -0.2) is 36.7 Å². The van der Waals surface area contributed by atoms with Crippen LogP contribution in [-0.2, 0) is 6.42 Å². The fraction of sp³-hybridized carbons (Fsp3) is 0.647. The van der Waals surface area contributed by atoms with Crippen LogP contribution in [0.1, 0.15) is 36.8 Å². The van der Waals surface area contributed by atoms with Crippen LogP contribution in [0.5, 0.6) is 5.75 Å². The topological polar surface area (TPSA) is 38.5 Å². The summed E-state index contributed by atoms with van der Waals surface area (Å²) in [7, 11) is 0. The Labute approximate surface area is 122 Å². The molecule has 2 aliphatic heterocycles. The molecule has 1 fully saturated rings. The molecular weight excluding hydrogens is 248 g/mol. The van der Waals surface area contributed by atoms with Crippen molar-refractivity contribution in [2.24, 2.45) is 5.73 Å². The van der Waals surface area contributed by atoms with Crippen LogP contribution >= 0.6 is 0 Å². The van der Waals surface area contributed by atoms with Crippen LogP contribution in [0.2, 0.25) is 0 Å². The predicted octanol–water partition coefficient (Wildman–Crippen LogP) is 2.50. The van der Waals surface area contributed by atoms with E-state index in [1.165, 1.54) is 36.9 Å². The molecule has 2 aliphatic rings. The second-order valence-electron chi connectivity index (χ2n) is 6.28. The van der Waals surface area contributed by atoms with Gasteiger partial charge in [-0.1, -0.05) is 17.7 Å². The first kappa shape index (κ1) is 13.9. The van der Waals surface area contributed by atoms with Gasteiger partial charge in [0.25, 0.3) is 0 Å². The van der Waals surface area contributed by atoms with Gasteiger partial charge in [-0.3, -0.25) is 4.90 Å². The Morgan fingerprint density at radius 2 is 2.30 bits per heavy atom. The van der Waals surface area contributed by atoms with E-state index in [9.17, 15) is 0 Å². The molecule has 0 amide bonds. The van der Waals surface area contributed by atoms with E-state index in [0.717, 1.165) is 37.7 Å². The minimum Gasteiger partial charge on any atom is -0.488 e. The Bertz CT molecular complexity index is 460. The van der Waals surface area contributed by atoms with Crippen molar-refractivity contribution in [3.05, 3.63) is 29.3 Å². The average molecular weight is 274 g/mol. The van der Waals surface area contributed by atoms with Crippen molar-refractivity contribution in [3.63, 3.8) is 0 Å². The van der Waals surface area contributed by atoms with Crippen molar-refractivity contribution in [2.75, 3.05) is 19.6 Å². The van der Waals surface area contributed by atoms with Gasteiger partial charge in [-0.05, 0) is 57.3 Å². The van der Waals surface area contributed by atoms with Crippen LogP contribution < -0.4 is 10.5 Å². The summed E-state index contributed by atoms with van der Waals surface area (Å²) in [6.45, 7) is 5.26. The summed E-state index contributed by atoms with van der Waals surface area (Å²) < 4.78 is 6.11. The number of nitrogens with zero attached hydrogens (tertiary/aromatic N) is 1. The molecule has 20 heavy (non-hydrogen) atoms. The maximum atomic E-state index is 6.11. The number of aryl methyl sites for hydroxylation is 1. The molecule has 3 heteroatoms. The average Bonchev–Trinajstić information content (AvgIpc) is 3.02. The molecule has 0 saturated carbocycles. The Morgan fingerprint density at radius 1 is 1.40 bits per heavy atom. The zero-order valence-corrected chi connectivity index (χ0v) is 12.5. The van der Waals surface area contributed by atoms with Crippen molar-refractivity contribution < 1.29 is 4.74 Å². The number of fused-ring (bicyclic) bond motifs is 1. The lowest BCUT2D eigenvalue weighted by Crippen LogP contribution is -2.38. The molecule has 2 N–H and O–H groups in total. The lowest BCUT2D eigenvalue weighted by atomic mass is 10.1. The van der Waals surface area contributed by atoms with E-state index in [1.807, 2.05) is 0 Å². The Kier molecular flexibility index (Phi) is 4.27. The van der Waals surface area contributed by atoms with E-state index in [2.05, 4.69) is 30.0 Å². The van der Waals surface area contributed by atoms with E-state index >= 15 is 0 Å². The summed E-state index contributed by atoms with van der Waals surface area (Å²) >= 11 is 0. The van der Waals surface area contributed by atoms with Crippen LogP contribution in [0.25, 0.3) is 0 Å². The molecule has 2 atom stereocenters. The third kappa shape index (κ3) is 2.99. The van der Waals surface area contributed by atoms with E-state index in [0.29, 0.717) is 6.10 Å². The van der Waals surface area contributed by atoms with Gasteiger partial charge in [0.1, 0.15) is 11.9 Å². The first-order valence-electron chi connectivity index (χ1n) is 7.96. The highest BCUT2D eigenvalue weighted by atomic mass is 16.5. The first-order chi connectivity index (χ1) is 9.76. The van der Waals surface area contributed by atoms with Gasteiger partial charge in [0.05, 0.1) is 0 Å². The molecule has 3 rings (SSSR count). The zero-order chi connectivity index (χ0) is 13.9.